The Morgan fingerprint density at radius 2 is 2.33 bits per heavy atom. The van der Waals surface area contributed by atoms with Gasteiger partial charge in [0, 0.05) is 0 Å². The summed E-state index contributed by atoms with van der Waals surface area (Å²) in [4.78, 5) is 3.79. The molecule has 0 spiro atoms. The molecule has 0 unspecified atom stereocenters. The molecule has 0 saturated heterocycles. The van der Waals surface area contributed by atoms with Crippen molar-refractivity contribution >= 4 is 12.2 Å². The standard InChI is InChI=1S/C6H5N5S/c12-6-2-1-5(9-10-6)11-4-7-3-8-11/h1-4H,(H,10,12). The molecule has 0 fully saturated rings. The third kappa shape index (κ3) is 1.24. The lowest BCUT2D eigenvalue weighted by Gasteiger charge is -1.95. The molecule has 60 valence electrons. The highest BCUT2D eigenvalue weighted by molar-refractivity contribution is 7.71. The quantitative estimate of drug-likeness (QED) is 0.655. The lowest BCUT2D eigenvalue weighted by Crippen LogP contribution is -1.98. The van der Waals surface area contributed by atoms with Crippen LogP contribution in [0.5, 0.6) is 0 Å². The summed E-state index contributed by atoms with van der Waals surface area (Å²) in [5, 5.41) is 10.5. The van der Waals surface area contributed by atoms with Crippen LogP contribution in [-0.2, 0) is 0 Å². The third-order valence-electron chi connectivity index (χ3n) is 1.32. The van der Waals surface area contributed by atoms with Gasteiger partial charge in [-0.25, -0.2) is 9.67 Å². The van der Waals surface area contributed by atoms with Crippen LogP contribution in [-0.4, -0.2) is 25.0 Å². The van der Waals surface area contributed by atoms with Crippen molar-refractivity contribution in [3.05, 3.63) is 29.4 Å². The molecule has 0 aliphatic rings. The lowest BCUT2D eigenvalue weighted by atomic mass is 10.5. The summed E-state index contributed by atoms with van der Waals surface area (Å²) >= 11 is 4.84. The third-order valence-corrected chi connectivity index (χ3v) is 1.55. The number of H-pyrrole nitrogens is 1. The Bertz CT molecular complexity index is 397. The smallest absolute Gasteiger partial charge is 0.175 e. The van der Waals surface area contributed by atoms with E-state index in [-0.39, 0.29) is 0 Å². The zero-order valence-corrected chi connectivity index (χ0v) is 6.82. The molecule has 0 aliphatic heterocycles. The fourth-order valence-corrected chi connectivity index (χ4v) is 0.905. The lowest BCUT2D eigenvalue weighted by molar-refractivity contribution is 0.810. The van der Waals surface area contributed by atoms with Crippen LogP contribution in [0.3, 0.4) is 0 Å². The second kappa shape index (κ2) is 2.82. The monoisotopic (exact) mass is 179 g/mol. The van der Waals surface area contributed by atoms with Crippen molar-refractivity contribution in [2.75, 3.05) is 0 Å². The number of aromatic nitrogens is 5. The van der Waals surface area contributed by atoms with Crippen LogP contribution in [0.1, 0.15) is 0 Å². The van der Waals surface area contributed by atoms with Gasteiger partial charge in [0.25, 0.3) is 0 Å². The van der Waals surface area contributed by atoms with E-state index in [0.29, 0.717) is 10.5 Å². The molecule has 0 saturated carbocycles. The molecule has 2 aromatic rings. The Balaban J connectivity index is 2.49. The molecule has 0 radical (unpaired) electrons. The zero-order chi connectivity index (χ0) is 8.39. The van der Waals surface area contributed by atoms with E-state index in [4.69, 9.17) is 12.2 Å². The van der Waals surface area contributed by atoms with Crippen molar-refractivity contribution in [2.45, 2.75) is 0 Å². The molecule has 0 amide bonds. The van der Waals surface area contributed by atoms with Crippen LogP contribution >= 0.6 is 12.2 Å². The van der Waals surface area contributed by atoms with Crippen molar-refractivity contribution in [3.63, 3.8) is 0 Å². The van der Waals surface area contributed by atoms with E-state index in [0.717, 1.165) is 0 Å². The largest absolute Gasteiger partial charge is 0.266 e. The summed E-state index contributed by atoms with van der Waals surface area (Å²) in [6.45, 7) is 0. The van der Waals surface area contributed by atoms with Crippen molar-refractivity contribution in [1.29, 1.82) is 0 Å². The summed E-state index contributed by atoms with van der Waals surface area (Å²) in [7, 11) is 0. The minimum Gasteiger partial charge on any atom is -0.266 e. The molecule has 12 heavy (non-hydrogen) atoms. The highest BCUT2D eigenvalue weighted by atomic mass is 32.1. The van der Waals surface area contributed by atoms with Crippen LogP contribution in [0.15, 0.2) is 24.8 Å². The minimum absolute atomic E-state index is 0.596. The van der Waals surface area contributed by atoms with Crippen molar-refractivity contribution in [1.82, 2.24) is 25.0 Å². The van der Waals surface area contributed by atoms with Gasteiger partial charge in [0.05, 0.1) is 0 Å². The van der Waals surface area contributed by atoms with Gasteiger partial charge in [0.2, 0.25) is 0 Å². The molecular formula is C6H5N5S. The Morgan fingerprint density at radius 3 is 2.92 bits per heavy atom. The average Bonchev–Trinajstić information content (AvgIpc) is 2.58. The average molecular weight is 179 g/mol. The number of nitrogens with one attached hydrogen (secondary N) is 1. The maximum Gasteiger partial charge on any atom is 0.175 e. The SMILES string of the molecule is S=c1ccc(-n2cncn2)n[nH]1. The molecule has 0 atom stereocenters. The van der Waals surface area contributed by atoms with E-state index in [2.05, 4.69) is 20.3 Å². The van der Waals surface area contributed by atoms with Crippen molar-refractivity contribution in [3.8, 4) is 5.82 Å². The van der Waals surface area contributed by atoms with Gasteiger partial charge < -0.3 is 0 Å². The van der Waals surface area contributed by atoms with Crippen LogP contribution in [0.25, 0.3) is 5.82 Å². The number of rotatable bonds is 1. The fraction of sp³-hybridized carbons (Fsp3) is 0. The van der Waals surface area contributed by atoms with E-state index >= 15 is 0 Å². The van der Waals surface area contributed by atoms with Gasteiger partial charge in [-0.1, -0.05) is 12.2 Å². The van der Waals surface area contributed by atoms with Crippen LogP contribution in [0.2, 0.25) is 0 Å². The highest BCUT2D eigenvalue weighted by Crippen LogP contribution is 1.97. The van der Waals surface area contributed by atoms with Gasteiger partial charge in [0.1, 0.15) is 17.3 Å². The Kier molecular flexibility index (Phi) is 1.67. The molecule has 0 bridgehead atoms. The van der Waals surface area contributed by atoms with E-state index in [1.807, 2.05) is 0 Å². The summed E-state index contributed by atoms with van der Waals surface area (Å²) in [6, 6.07) is 3.52. The molecule has 6 heteroatoms. The first-order chi connectivity index (χ1) is 5.86. The molecule has 2 heterocycles. The highest BCUT2D eigenvalue weighted by Gasteiger charge is 1.95. The molecular weight excluding hydrogens is 174 g/mol. The Labute approximate surface area is 73.1 Å². The van der Waals surface area contributed by atoms with Crippen LogP contribution < -0.4 is 0 Å². The first kappa shape index (κ1) is 7.11. The zero-order valence-electron chi connectivity index (χ0n) is 6.01. The Hall–Kier alpha value is -1.56. The second-order valence-electron chi connectivity index (χ2n) is 2.12. The van der Waals surface area contributed by atoms with Gasteiger partial charge >= 0.3 is 0 Å². The normalized spacial score (nSPS) is 10.0. The first-order valence-corrected chi connectivity index (χ1v) is 3.68. The molecule has 2 aromatic heterocycles. The van der Waals surface area contributed by atoms with Gasteiger partial charge in [-0.15, -0.1) is 0 Å². The number of aromatic amines is 1. The van der Waals surface area contributed by atoms with E-state index < -0.39 is 0 Å². The van der Waals surface area contributed by atoms with Crippen molar-refractivity contribution in [2.24, 2.45) is 0 Å². The summed E-state index contributed by atoms with van der Waals surface area (Å²) in [5.41, 5.74) is 0. The predicted octanol–water partition coefficient (Wildman–Crippen LogP) is 0.720. The first-order valence-electron chi connectivity index (χ1n) is 3.27. The number of hydrogen-bond acceptors (Lipinski definition) is 4. The molecule has 1 N–H and O–H groups in total. The van der Waals surface area contributed by atoms with Gasteiger partial charge in [-0.3, -0.25) is 5.10 Å². The van der Waals surface area contributed by atoms with Crippen LogP contribution in [0, 0.1) is 4.64 Å². The summed E-state index contributed by atoms with van der Waals surface area (Å²) < 4.78 is 2.14. The predicted molar refractivity (Wildman–Crippen MR) is 44.3 cm³/mol. The molecule has 0 aliphatic carbocycles. The molecule has 5 nitrogen and oxygen atoms in total. The van der Waals surface area contributed by atoms with E-state index in [1.54, 1.807) is 23.1 Å². The topological polar surface area (TPSA) is 59.4 Å². The molecule has 0 aromatic carbocycles. The Morgan fingerprint density at radius 1 is 1.42 bits per heavy atom. The van der Waals surface area contributed by atoms with Gasteiger partial charge in [0.15, 0.2) is 5.82 Å². The second-order valence-corrected chi connectivity index (χ2v) is 2.56. The maximum absolute atomic E-state index is 4.84. The number of nitrogens with zero attached hydrogens (tertiary/aromatic N) is 4. The van der Waals surface area contributed by atoms with Crippen molar-refractivity contribution < 1.29 is 0 Å². The van der Waals surface area contributed by atoms with Crippen LogP contribution in [0.4, 0.5) is 0 Å². The minimum atomic E-state index is 0.596. The summed E-state index contributed by atoms with van der Waals surface area (Å²) in [6.07, 6.45) is 3.02. The van der Waals surface area contributed by atoms with Gasteiger partial charge in [-0.2, -0.15) is 10.2 Å². The number of hydrogen-bond donors (Lipinski definition) is 1. The maximum atomic E-state index is 4.84. The van der Waals surface area contributed by atoms with E-state index in [9.17, 15) is 0 Å². The molecule has 2 rings (SSSR count). The fourth-order valence-electron chi connectivity index (χ4n) is 0.791. The van der Waals surface area contributed by atoms with E-state index in [1.165, 1.54) is 6.33 Å². The van der Waals surface area contributed by atoms with Gasteiger partial charge in [-0.05, 0) is 12.1 Å². The summed E-state index contributed by atoms with van der Waals surface area (Å²) in [5.74, 6) is 0.668.